The predicted molar refractivity (Wildman–Crippen MR) is 85.1 cm³/mol. The van der Waals surface area contributed by atoms with Crippen molar-refractivity contribution in [3.8, 4) is 0 Å². The van der Waals surface area contributed by atoms with Crippen molar-refractivity contribution in [2.45, 2.75) is 25.4 Å². The van der Waals surface area contributed by atoms with Gasteiger partial charge in [0.2, 0.25) is 15.9 Å². The van der Waals surface area contributed by atoms with Gasteiger partial charge in [-0.25, -0.2) is 17.2 Å². The van der Waals surface area contributed by atoms with Gasteiger partial charge in [-0.1, -0.05) is 0 Å². The quantitative estimate of drug-likeness (QED) is 0.796. The second-order valence-corrected chi connectivity index (χ2v) is 7.53. The summed E-state index contributed by atoms with van der Waals surface area (Å²) in [5.41, 5.74) is -0.0247. The molecular weight excluding hydrogens is 342 g/mol. The van der Waals surface area contributed by atoms with Crippen LogP contribution >= 0.6 is 0 Å². The number of nitrogens with zero attached hydrogens (tertiary/aromatic N) is 1. The molecule has 1 unspecified atom stereocenters. The third-order valence-electron chi connectivity index (χ3n) is 3.68. The number of amides is 1. The maximum atomic E-state index is 13.3. The molecule has 0 aliphatic carbocycles. The number of carbonyl (C=O) groups is 1. The van der Waals surface area contributed by atoms with Crippen LogP contribution in [0.5, 0.6) is 0 Å². The maximum Gasteiger partial charge on any atom is 0.232 e. The van der Waals surface area contributed by atoms with E-state index >= 15 is 0 Å². The van der Waals surface area contributed by atoms with Crippen LogP contribution in [0.3, 0.4) is 0 Å². The van der Waals surface area contributed by atoms with Gasteiger partial charge >= 0.3 is 0 Å². The number of anilines is 1. The van der Waals surface area contributed by atoms with Gasteiger partial charge in [0.15, 0.2) is 11.6 Å². The van der Waals surface area contributed by atoms with Gasteiger partial charge in [0, 0.05) is 32.2 Å². The van der Waals surface area contributed by atoms with E-state index in [4.69, 9.17) is 4.74 Å². The molecule has 1 saturated heterocycles. The Labute approximate surface area is 139 Å². The zero-order valence-electron chi connectivity index (χ0n) is 13.3. The molecule has 1 heterocycles. The van der Waals surface area contributed by atoms with Crippen LogP contribution in [0.4, 0.5) is 14.5 Å². The molecule has 1 aliphatic rings. The van der Waals surface area contributed by atoms with Gasteiger partial charge in [-0.05, 0) is 25.0 Å². The van der Waals surface area contributed by atoms with Crippen molar-refractivity contribution in [2.75, 3.05) is 30.3 Å². The van der Waals surface area contributed by atoms with E-state index in [1.54, 1.807) is 0 Å². The number of ether oxygens (including phenoxy) is 1. The molecule has 0 aromatic heterocycles. The van der Waals surface area contributed by atoms with Crippen molar-refractivity contribution in [3.63, 3.8) is 0 Å². The van der Waals surface area contributed by atoms with Crippen LogP contribution in [0.25, 0.3) is 0 Å². The van der Waals surface area contributed by atoms with E-state index in [0.29, 0.717) is 13.2 Å². The lowest BCUT2D eigenvalue weighted by Crippen LogP contribution is -2.37. The molecule has 9 heteroatoms. The molecule has 1 atom stereocenters. The number of benzene rings is 1. The molecule has 1 aromatic carbocycles. The Hall–Kier alpha value is -1.74. The average molecular weight is 362 g/mol. The van der Waals surface area contributed by atoms with Gasteiger partial charge < -0.3 is 10.1 Å². The summed E-state index contributed by atoms with van der Waals surface area (Å²) in [6, 6.07) is 2.80. The third-order valence-corrected chi connectivity index (χ3v) is 4.88. The Balaban J connectivity index is 1.96. The van der Waals surface area contributed by atoms with Crippen molar-refractivity contribution in [2.24, 2.45) is 0 Å². The molecule has 6 nitrogen and oxygen atoms in total. The molecule has 0 spiro atoms. The first-order valence-electron chi connectivity index (χ1n) is 7.58. The highest BCUT2D eigenvalue weighted by atomic mass is 32.2. The van der Waals surface area contributed by atoms with Gasteiger partial charge in [0.1, 0.15) is 0 Å². The smallest absolute Gasteiger partial charge is 0.232 e. The lowest BCUT2D eigenvalue weighted by molar-refractivity contribution is -0.121. The normalized spacial score (nSPS) is 17.7. The summed E-state index contributed by atoms with van der Waals surface area (Å²) in [5, 5.41) is 2.68. The molecule has 1 aliphatic heterocycles. The first-order valence-corrected chi connectivity index (χ1v) is 9.43. The van der Waals surface area contributed by atoms with Gasteiger partial charge in [0.05, 0.1) is 18.0 Å². The molecule has 1 amide bonds. The zero-order chi connectivity index (χ0) is 17.7. The van der Waals surface area contributed by atoms with E-state index in [0.717, 1.165) is 41.6 Å². The van der Waals surface area contributed by atoms with E-state index in [1.807, 2.05) is 0 Å². The van der Waals surface area contributed by atoms with Crippen LogP contribution in [0, 0.1) is 11.6 Å². The molecule has 0 bridgehead atoms. The van der Waals surface area contributed by atoms with Crippen molar-refractivity contribution in [1.82, 2.24) is 5.32 Å². The molecule has 24 heavy (non-hydrogen) atoms. The van der Waals surface area contributed by atoms with E-state index in [2.05, 4.69) is 5.32 Å². The van der Waals surface area contributed by atoms with Crippen molar-refractivity contribution >= 4 is 21.6 Å². The number of nitrogens with one attached hydrogen (secondary N) is 1. The molecular formula is C15H20F2N2O4S. The van der Waals surface area contributed by atoms with Crippen molar-refractivity contribution in [1.29, 1.82) is 0 Å². The van der Waals surface area contributed by atoms with Crippen LogP contribution in [-0.2, 0) is 19.6 Å². The number of hydrogen-bond donors (Lipinski definition) is 1. The third kappa shape index (κ3) is 5.13. The largest absolute Gasteiger partial charge is 0.376 e. The highest BCUT2D eigenvalue weighted by Crippen LogP contribution is 2.20. The molecule has 2 rings (SSSR count). The second kappa shape index (κ2) is 7.89. The summed E-state index contributed by atoms with van der Waals surface area (Å²) in [4.78, 5) is 11.9. The number of hydrogen-bond acceptors (Lipinski definition) is 4. The predicted octanol–water partition coefficient (Wildman–Crippen LogP) is 1.42. The lowest BCUT2D eigenvalue weighted by atomic mass is 10.2. The fourth-order valence-electron chi connectivity index (χ4n) is 2.45. The Morgan fingerprint density at radius 3 is 2.71 bits per heavy atom. The van der Waals surface area contributed by atoms with Crippen LogP contribution in [0.15, 0.2) is 18.2 Å². The van der Waals surface area contributed by atoms with E-state index in [-0.39, 0.29) is 30.7 Å². The first-order chi connectivity index (χ1) is 11.3. The Morgan fingerprint density at radius 2 is 2.12 bits per heavy atom. The minimum atomic E-state index is -3.73. The first kappa shape index (κ1) is 18.6. The van der Waals surface area contributed by atoms with Crippen LogP contribution in [0.1, 0.15) is 19.3 Å². The molecule has 1 fully saturated rings. The summed E-state index contributed by atoms with van der Waals surface area (Å²) in [5.74, 6) is -2.55. The minimum Gasteiger partial charge on any atom is -0.376 e. The SMILES string of the molecule is CS(=O)(=O)N(CCC(=O)NCC1CCCO1)c1ccc(F)c(F)c1. The fraction of sp³-hybridized carbons (Fsp3) is 0.533. The minimum absolute atomic E-state index is 0.00819. The number of halogens is 2. The molecule has 134 valence electrons. The van der Waals surface area contributed by atoms with Crippen LogP contribution < -0.4 is 9.62 Å². The number of sulfonamides is 1. The van der Waals surface area contributed by atoms with E-state index in [9.17, 15) is 22.0 Å². The van der Waals surface area contributed by atoms with Gasteiger partial charge in [-0.3, -0.25) is 9.10 Å². The van der Waals surface area contributed by atoms with Crippen LogP contribution in [-0.4, -0.2) is 46.4 Å². The van der Waals surface area contributed by atoms with Gasteiger partial charge in [-0.15, -0.1) is 0 Å². The lowest BCUT2D eigenvalue weighted by Gasteiger charge is -2.22. The average Bonchev–Trinajstić information content (AvgIpc) is 3.01. The van der Waals surface area contributed by atoms with E-state index in [1.165, 1.54) is 0 Å². The standard InChI is InChI=1S/C15H20F2N2O4S/c1-24(21,22)19(11-4-5-13(16)14(17)9-11)7-6-15(20)18-10-12-3-2-8-23-12/h4-5,9,12H,2-3,6-8,10H2,1H3,(H,18,20). The van der Waals surface area contributed by atoms with E-state index < -0.39 is 21.7 Å². The summed E-state index contributed by atoms with van der Waals surface area (Å²) >= 11 is 0. The summed E-state index contributed by atoms with van der Waals surface area (Å²) in [7, 11) is -3.73. The second-order valence-electron chi connectivity index (χ2n) is 5.62. The molecule has 0 radical (unpaired) electrons. The Morgan fingerprint density at radius 1 is 1.38 bits per heavy atom. The Bertz CT molecular complexity index is 691. The summed E-state index contributed by atoms with van der Waals surface area (Å²) in [6.45, 7) is 0.892. The zero-order valence-corrected chi connectivity index (χ0v) is 14.1. The van der Waals surface area contributed by atoms with Gasteiger partial charge in [-0.2, -0.15) is 0 Å². The maximum absolute atomic E-state index is 13.3. The van der Waals surface area contributed by atoms with Crippen molar-refractivity contribution < 1.29 is 26.7 Å². The van der Waals surface area contributed by atoms with Gasteiger partial charge in [0.25, 0.3) is 0 Å². The summed E-state index contributed by atoms with van der Waals surface area (Å²) in [6.07, 6.45) is 2.67. The monoisotopic (exact) mass is 362 g/mol. The number of carbonyl (C=O) groups excluding carboxylic acids is 1. The fourth-order valence-corrected chi connectivity index (χ4v) is 3.37. The highest BCUT2D eigenvalue weighted by Gasteiger charge is 2.21. The molecule has 1 N–H and O–H groups in total. The summed E-state index contributed by atoms with van der Waals surface area (Å²) < 4.78 is 56.3. The van der Waals surface area contributed by atoms with Crippen molar-refractivity contribution in [3.05, 3.63) is 29.8 Å². The molecule has 0 saturated carbocycles. The van der Waals surface area contributed by atoms with Crippen LogP contribution in [0.2, 0.25) is 0 Å². The number of rotatable bonds is 7. The molecule has 1 aromatic rings. The Kier molecular flexibility index (Phi) is 6.11. The highest BCUT2D eigenvalue weighted by molar-refractivity contribution is 7.92. The topological polar surface area (TPSA) is 75.7 Å².